The molecule has 0 fully saturated rings. The lowest BCUT2D eigenvalue weighted by molar-refractivity contribution is -0.122. The van der Waals surface area contributed by atoms with Gasteiger partial charge in [0.15, 0.2) is 6.10 Å². The molecule has 3 heteroatoms. The number of carbonyl (C=O) groups excluding carboxylic acids is 1. The third kappa shape index (κ3) is 4.00. The summed E-state index contributed by atoms with van der Waals surface area (Å²) >= 11 is 0. The highest BCUT2D eigenvalue weighted by atomic mass is 16.5. The first-order valence-corrected chi connectivity index (χ1v) is 8.60. The molecule has 1 atom stereocenters. The summed E-state index contributed by atoms with van der Waals surface area (Å²) in [5.41, 5.74) is 3.06. The van der Waals surface area contributed by atoms with E-state index in [0.29, 0.717) is 12.2 Å². The molecule has 0 spiro atoms. The largest absolute Gasteiger partial charge is 0.481 e. The summed E-state index contributed by atoms with van der Waals surface area (Å²) in [5, 5.41) is 5.24. The highest BCUT2D eigenvalue weighted by Gasteiger charge is 2.19. The zero-order valence-corrected chi connectivity index (χ0v) is 14.9. The van der Waals surface area contributed by atoms with E-state index in [1.165, 1.54) is 5.56 Å². The number of anilines is 1. The predicted octanol–water partition coefficient (Wildman–Crippen LogP) is 5.25. The van der Waals surface area contributed by atoms with Crippen LogP contribution in [0, 0.1) is 13.8 Å². The summed E-state index contributed by atoms with van der Waals surface area (Å²) in [6.45, 7) is 5.98. The number of amides is 1. The van der Waals surface area contributed by atoms with Gasteiger partial charge in [0, 0.05) is 5.69 Å². The first-order chi connectivity index (χ1) is 12.1. The van der Waals surface area contributed by atoms with Crippen LogP contribution in [-0.4, -0.2) is 12.0 Å². The highest BCUT2D eigenvalue weighted by molar-refractivity contribution is 5.95. The smallest absolute Gasteiger partial charge is 0.265 e. The van der Waals surface area contributed by atoms with Gasteiger partial charge in [0.2, 0.25) is 0 Å². The Balaban J connectivity index is 1.75. The van der Waals surface area contributed by atoms with E-state index in [4.69, 9.17) is 4.74 Å². The minimum Gasteiger partial charge on any atom is -0.481 e. The van der Waals surface area contributed by atoms with Gasteiger partial charge in [-0.25, -0.2) is 0 Å². The molecule has 3 aromatic carbocycles. The number of hydrogen-bond acceptors (Lipinski definition) is 2. The predicted molar refractivity (Wildman–Crippen MR) is 103 cm³/mol. The summed E-state index contributed by atoms with van der Waals surface area (Å²) in [4.78, 5) is 12.6. The minimum atomic E-state index is -0.526. The average molecular weight is 333 g/mol. The van der Waals surface area contributed by atoms with Crippen molar-refractivity contribution in [1.29, 1.82) is 0 Å². The number of nitrogens with one attached hydrogen (secondary N) is 1. The Kier molecular flexibility index (Phi) is 5.03. The second-order valence-corrected chi connectivity index (χ2v) is 6.33. The molecule has 0 saturated heterocycles. The molecule has 0 bridgehead atoms. The van der Waals surface area contributed by atoms with Crippen molar-refractivity contribution in [1.82, 2.24) is 0 Å². The average Bonchev–Trinajstić information content (AvgIpc) is 2.61. The van der Waals surface area contributed by atoms with Gasteiger partial charge >= 0.3 is 0 Å². The Morgan fingerprint density at radius 2 is 1.76 bits per heavy atom. The van der Waals surface area contributed by atoms with Gasteiger partial charge in [0.1, 0.15) is 5.75 Å². The molecule has 1 unspecified atom stereocenters. The molecule has 0 aliphatic rings. The second-order valence-electron chi connectivity index (χ2n) is 6.33. The molecule has 3 aromatic rings. The topological polar surface area (TPSA) is 38.3 Å². The lowest BCUT2D eigenvalue weighted by Gasteiger charge is -2.18. The van der Waals surface area contributed by atoms with E-state index < -0.39 is 6.10 Å². The van der Waals surface area contributed by atoms with Gasteiger partial charge in [-0.3, -0.25) is 4.79 Å². The molecule has 3 nitrogen and oxygen atoms in total. The molecule has 3 rings (SSSR count). The quantitative estimate of drug-likeness (QED) is 0.692. The van der Waals surface area contributed by atoms with Crippen LogP contribution >= 0.6 is 0 Å². The number of rotatable bonds is 5. The molecule has 0 heterocycles. The van der Waals surface area contributed by atoms with E-state index in [1.807, 2.05) is 69.3 Å². The first-order valence-electron chi connectivity index (χ1n) is 8.60. The molecule has 0 aromatic heterocycles. The summed E-state index contributed by atoms with van der Waals surface area (Å²) in [6, 6.07) is 20.0. The van der Waals surface area contributed by atoms with E-state index in [1.54, 1.807) is 0 Å². The van der Waals surface area contributed by atoms with E-state index >= 15 is 0 Å². The molecular weight excluding hydrogens is 310 g/mol. The molecule has 0 radical (unpaired) electrons. The van der Waals surface area contributed by atoms with Crippen molar-refractivity contribution < 1.29 is 9.53 Å². The normalized spacial score (nSPS) is 12.0. The van der Waals surface area contributed by atoms with Crippen molar-refractivity contribution in [3.63, 3.8) is 0 Å². The highest BCUT2D eigenvalue weighted by Crippen LogP contribution is 2.23. The SMILES string of the molecule is CCC(Oc1ccc2ccccc2c1)C(=O)Nc1ccc(C)cc1C. The molecule has 128 valence electrons. The molecule has 1 amide bonds. The van der Waals surface area contributed by atoms with Gasteiger partial charge in [0.05, 0.1) is 0 Å². The maximum Gasteiger partial charge on any atom is 0.265 e. The van der Waals surface area contributed by atoms with E-state index in [9.17, 15) is 4.79 Å². The maximum absolute atomic E-state index is 12.6. The van der Waals surface area contributed by atoms with E-state index in [0.717, 1.165) is 22.0 Å². The van der Waals surface area contributed by atoms with Gasteiger partial charge in [-0.15, -0.1) is 0 Å². The summed E-state index contributed by atoms with van der Waals surface area (Å²) < 4.78 is 5.96. The van der Waals surface area contributed by atoms with Crippen molar-refractivity contribution in [3.8, 4) is 5.75 Å². The lowest BCUT2D eigenvalue weighted by atomic mass is 10.1. The fraction of sp³-hybridized carbons (Fsp3) is 0.227. The van der Waals surface area contributed by atoms with Crippen LogP contribution in [0.3, 0.4) is 0 Å². The monoisotopic (exact) mass is 333 g/mol. The molecular formula is C22H23NO2. The van der Waals surface area contributed by atoms with Crippen LogP contribution in [0.15, 0.2) is 60.7 Å². The van der Waals surface area contributed by atoms with Crippen LogP contribution in [0.5, 0.6) is 5.75 Å². The van der Waals surface area contributed by atoms with Gasteiger partial charge < -0.3 is 10.1 Å². The standard InChI is InChI=1S/C22H23NO2/c1-4-21(22(24)23-20-12-9-15(2)13-16(20)3)25-19-11-10-17-7-5-6-8-18(17)14-19/h5-14,21H,4H2,1-3H3,(H,23,24). The van der Waals surface area contributed by atoms with Crippen molar-refractivity contribution in [3.05, 3.63) is 71.8 Å². The number of fused-ring (bicyclic) bond motifs is 1. The van der Waals surface area contributed by atoms with Crippen LogP contribution in [-0.2, 0) is 4.79 Å². The number of hydrogen-bond donors (Lipinski definition) is 1. The third-order valence-electron chi connectivity index (χ3n) is 4.30. The van der Waals surface area contributed by atoms with Crippen LogP contribution in [0.25, 0.3) is 10.8 Å². The van der Waals surface area contributed by atoms with E-state index in [2.05, 4.69) is 17.4 Å². The Hall–Kier alpha value is -2.81. The molecule has 25 heavy (non-hydrogen) atoms. The molecule has 1 N–H and O–H groups in total. The van der Waals surface area contributed by atoms with Crippen LogP contribution in [0.1, 0.15) is 24.5 Å². The summed E-state index contributed by atoms with van der Waals surface area (Å²) in [7, 11) is 0. The second kappa shape index (κ2) is 7.39. The fourth-order valence-corrected chi connectivity index (χ4v) is 2.89. The van der Waals surface area contributed by atoms with Crippen LogP contribution in [0.4, 0.5) is 5.69 Å². The van der Waals surface area contributed by atoms with Gasteiger partial charge in [-0.2, -0.15) is 0 Å². The summed E-state index contributed by atoms with van der Waals surface area (Å²) in [5.74, 6) is 0.587. The number of benzene rings is 3. The first kappa shape index (κ1) is 17.0. The number of ether oxygens (including phenoxy) is 1. The lowest BCUT2D eigenvalue weighted by Crippen LogP contribution is -2.32. The molecule has 0 aliphatic carbocycles. The Bertz CT molecular complexity index is 901. The van der Waals surface area contributed by atoms with Gasteiger partial charge in [-0.1, -0.05) is 55.0 Å². The Labute approximate surface area is 148 Å². The van der Waals surface area contributed by atoms with Gasteiger partial charge in [-0.05, 0) is 54.8 Å². The Morgan fingerprint density at radius 3 is 2.48 bits per heavy atom. The molecule has 0 aliphatic heterocycles. The van der Waals surface area contributed by atoms with Crippen molar-refractivity contribution >= 4 is 22.4 Å². The number of carbonyl (C=O) groups is 1. The zero-order chi connectivity index (χ0) is 17.8. The van der Waals surface area contributed by atoms with Crippen LogP contribution < -0.4 is 10.1 Å². The molecule has 0 saturated carbocycles. The van der Waals surface area contributed by atoms with Crippen LogP contribution in [0.2, 0.25) is 0 Å². The van der Waals surface area contributed by atoms with E-state index in [-0.39, 0.29) is 5.91 Å². The van der Waals surface area contributed by atoms with Crippen molar-refractivity contribution in [2.45, 2.75) is 33.3 Å². The van der Waals surface area contributed by atoms with Crippen molar-refractivity contribution in [2.24, 2.45) is 0 Å². The Morgan fingerprint density at radius 1 is 1.00 bits per heavy atom. The third-order valence-corrected chi connectivity index (χ3v) is 4.30. The fourth-order valence-electron chi connectivity index (χ4n) is 2.89. The maximum atomic E-state index is 12.6. The van der Waals surface area contributed by atoms with Crippen molar-refractivity contribution in [2.75, 3.05) is 5.32 Å². The zero-order valence-electron chi connectivity index (χ0n) is 14.9. The van der Waals surface area contributed by atoms with Gasteiger partial charge in [0.25, 0.3) is 5.91 Å². The summed E-state index contributed by atoms with van der Waals surface area (Å²) in [6.07, 6.45) is 0.0747. The number of aryl methyl sites for hydroxylation is 2. The minimum absolute atomic E-state index is 0.123.